The van der Waals surface area contributed by atoms with Crippen LogP contribution >= 0.6 is 22.7 Å². The van der Waals surface area contributed by atoms with Gasteiger partial charge in [0.15, 0.2) is 5.76 Å². The first kappa shape index (κ1) is 15.1. The van der Waals surface area contributed by atoms with Gasteiger partial charge in [-0.1, -0.05) is 11.2 Å². The summed E-state index contributed by atoms with van der Waals surface area (Å²) in [5, 5.41) is 8.37. The zero-order chi connectivity index (χ0) is 16.6. The standard InChI is InChI=1S/C19H16N2O2S2/c1-3-15(22-8-1)19-13(11-20-23-19)12-21-7-5-16-14(6-10-25-16)18(21)17-4-2-9-24-17/h1-4,6,8-11,18H,5,7,12H2. The van der Waals surface area contributed by atoms with Gasteiger partial charge in [-0.2, -0.15) is 0 Å². The summed E-state index contributed by atoms with van der Waals surface area (Å²) in [6.07, 6.45) is 4.57. The maximum atomic E-state index is 5.50. The first-order valence-electron chi connectivity index (χ1n) is 8.21. The van der Waals surface area contributed by atoms with E-state index in [1.165, 1.54) is 15.3 Å². The Morgan fingerprint density at radius 2 is 2.16 bits per heavy atom. The highest BCUT2D eigenvalue weighted by Gasteiger charge is 2.31. The summed E-state index contributed by atoms with van der Waals surface area (Å²) < 4.78 is 11.0. The summed E-state index contributed by atoms with van der Waals surface area (Å²) in [6, 6.07) is 10.7. The molecule has 0 fully saturated rings. The quantitative estimate of drug-likeness (QED) is 0.496. The van der Waals surface area contributed by atoms with Gasteiger partial charge in [0.05, 0.1) is 18.5 Å². The van der Waals surface area contributed by atoms with Gasteiger partial charge in [0.2, 0.25) is 5.76 Å². The van der Waals surface area contributed by atoms with E-state index in [2.05, 4.69) is 39.0 Å². The highest BCUT2D eigenvalue weighted by molar-refractivity contribution is 7.10. The van der Waals surface area contributed by atoms with Crippen LogP contribution in [0.15, 0.2) is 62.5 Å². The number of rotatable bonds is 4. The summed E-state index contributed by atoms with van der Waals surface area (Å²) in [4.78, 5) is 5.40. The number of fused-ring (bicyclic) bond motifs is 1. The minimum atomic E-state index is 0.300. The van der Waals surface area contributed by atoms with Crippen LogP contribution in [0.25, 0.3) is 11.5 Å². The largest absolute Gasteiger partial charge is 0.461 e. The van der Waals surface area contributed by atoms with E-state index in [1.54, 1.807) is 6.26 Å². The van der Waals surface area contributed by atoms with Gasteiger partial charge in [0.25, 0.3) is 0 Å². The molecular formula is C19H16N2O2S2. The number of hydrogen-bond donors (Lipinski definition) is 0. The van der Waals surface area contributed by atoms with E-state index in [1.807, 2.05) is 41.0 Å². The molecule has 1 aliphatic heterocycles. The Balaban J connectivity index is 1.51. The van der Waals surface area contributed by atoms with Crippen molar-refractivity contribution in [2.75, 3.05) is 6.54 Å². The number of aromatic nitrogens is 1. The molecule has 0 aliphatic carbocycles. The number of hydrogen-bond acceptors (Lipinski definition) is 6. The Kier molecular flexibility index (Phi) is 3.81. The molecule has 0 radical (unpaired) electrons. The minimum absolute atomic E-state index is 0.300. The Labute approximate surface area is 153 Å². The van der Waals surface area contributed by atoms with Crippen LogP contribution in [0, 0.1) is 0 Å². The van der Waals surface area contributed by atoms with Crippen molar-refractivity contribution in [3.05, 3.63) is 74.4 Å². The van der Waals surface area contributed by atoms with Crippen LogP contribution in [0.4, 0.5) is 0 Å². The zero-order valence-electron chi connectivity index (χ0n) is 13.4. The molecule has 5 rings (SSSR count). The van der Waals surface area contributed by atoms with Crippen LogP contribution in [-0.2, 0) is 13.0 Å². The molecule has 25 heavy (non-hydrogen) atoms. The Morgan fingerprint density at radius 1 is 1.16 bits per heavy atom. The third kappa shape index (κ3) is 2.66. The average molecular weight is 368 g/mol. The number of furan rings is 1. The van der Waals surface area contributed by atoms with Gasteiger partial charge < -0.3 is 8.94 Å². The van der Waals surface area contributed by atoms with Gasteiger partial charge in [0.1, 0.15) is 0 Å². The molecule has 0 saturated carbocycles. The van der Waals surface area contributed by atoms with Gasteiger partial charge in [-0.15, -0.1) is 22.7 Å². The van der Waals surface area contributed by atoms with E-state index in [0.29, 0.717) is 6.04 Å². The van der Waals surface area contributed by atoms with E-state index in [-0.39, 0.29) is 0 Å². The lowest BCUT2D eigenvalue weighted by Gasteiger charge is -2.35. The van der Waals surface area contributed by atoms with Crippen LogP contribution < -0.4 is 0 Å². The van der Waals surface area contributed by atoms with E-state index < -0.39 is 0 Å². The molecule has 0 bridgehead atoms. The Morgan fingerprint density at radius 3 is 3.00 bits per heavy atom. The van der Waals surface area contributed by atoms with Crippen molar-refractivity contribution in [2.24, 2.45) is 0 Å². The highest BCUT2D eigenvalue weighted by atomic mass is 32.1. The number of thiophene rings is 2. The van der Waals surface area contributed by atoms with Crippen LogP contribution in [0.3, 0.4) is 0 Å². The molecular weight excluding hydrogens is 352 g/mol. The van der Waals surface area contributed by atoms with E-state index in [4.69, 9.17) is 8.94 Å². The van der Waals surface area contributed by atoms with Crippen LogP contribution in [0.1, 0.15) is 26.9 Å². The fourth-order valence-electron chi connectivity index (χ4n) is 3.52. The van der Waals surface area contributed by atoms with Crippen molar-refractivity contribution >= 4 is 22.7 Å². The molecule has 0 N–H and O–H groups in total. The third-order valence-electron chi connectivity index (χ3n) is 4.64. The second kappa shape index (κ2) is 6.29. The van der Waals surface area contributed by atoms with Crippen LogP contribution in [0.2, 0.25) is 0 Å². The van der Waals surface area contributed by atoms with Crippen LogP contribution in [0.5, 0.6) is 0 Å². The van der Waals surface area contributed by atoms with Crippen molar-refractivity contribution in [2.45, 2.75) is 19.0 Å². The molecule has 4 aromatic rings. The van der Waals surface area contributed by atoms with Gasteiger partial charge in [-0.3, -0.25) is 4.90 Å². The zero-order valence-corrected chi connectivity index (χ0v) is 15.1. The van der Waals surface area contributed by atoms with Crippen molar-refractivity contribution < 1.29 is 8.94 Å². The molecule has 5 heterocycles. The van der Waals surface area contributed by atoms with Gasteiger partial charge in [0, 0.05) is 28.4 Å². The molecule has 6 heteroatoms. The monoisotopic (exact) mass is 368 g/mol. The lowest BCUT2D eigenvalue weighted by atomic mass is 9.98. The minimum Gasteiger partial charge on any atom is -0.461 e. The predicted octanol–water partition coefficient (Wildman–Crippen LogP) is 5.21. The molecule has 4 nitrogen and oxygen atoms in total. The van der Waals surface area contributed by atoms with Crippen molar-refractivity contribution in [3.63, 3.8) is 0 Å². The molecule has 0 saturated heterocycles. The topological polar surface area (TPSA) is 42.4 Å². The highest BCUT2D eigenvalue weighted by Crippen LogP contribution is 2.40. The summed E-state index contributed by atoms with van der Waals surface area (Å²) >= 11 is 3.69. The average Bonchev–Trinajstić information content (AvgIpc) is 3.40. The molecule has 0 aromatic carbocycles. The smallest absolute Gasteiger partial charge is 0.206 e. The Hall–Kier alpha value is -2.15. The summed E-state index contributed by atoms with van der Waals surface area (Å²) in [5.41, 5.74) is 2.50. The molecule has 1 aliphatic rings. The van der Waals surface area contributed by atoms with Gasteiger partial charge in [-0.05, 0) is 47.0 Å². The van der Waals surface area contributed by atoms with E-state index in [9.17, 15) is 0 Å². The van der Waals surface area contributed by atoms with E-state index >= 15 is 0 Å². The number of nitrogens with zero attached hydrogens (tertiary/aromatic N) is 2. The first-order chi connectivity index (χ1) is 12.4. The third-order valence-corrected chi connectivity index (χ3v) is 6.56. The maximum Gasteiger partial charge on any atom is 0.206 e. The van der Waals surface area contributed by atoms with Crippen molar-refractivity contribution in [1.82, 2.24) is 10.1 Å². The fraction of sp³-hybridized carbons (Fsp3) is 0.211. The fourth-order valence-corrected chi connectivity index (χ4v) is 5.30. The summed E-state index contributed by atoms with van der Waals surface area (Å²) in [7, 11) is 0. The van der Waals surface area contributed by atoms with E-state index in [0.717, 1.165) is 36.6 Å². The first-order valence-corrected chi connectivity index (χ1v) is 9.97. The lowest BCUT2D eigenvalue weighted by Crippen LogP contribution is -2.34. The second-order valence-electron chi connectivity index (χ2n) is 6.10. The second-order valence-corrected chi connectivity index (χ2v) is 8.07. The van der Waals surface area contributed by atoms with Crippen LogP contribution in [-0.4, -0.2) is 16.6 Å². The molecule has 0 spiro atoms. The van der Waals surface area contributed by atoms with Gasteiger partial charge >= 0.3 is 0 Å². The SMILES string of the molecule is c1coc(-c2oncc2CN2CCc3sccc3C2c2cccs2)c1. The maximum absolute atomic E-state index is 5.50. The molecule has 0 amide bonds. The predicted molar refractivity (Wildman–Crippen MR) is 98.8 cm³/mol. The normalized spacial score (nSPS) is 17.7. The summed E-state index contributed by atoms with van der Waals surface area (Å²) in [6.45, 7) is 1.82. The van der Waals surface area contributed by atoms with Crippen molar-refractivity contribution in [1.29, 1.82) is 0 Å². The molecule has 126 valence electrons. The summed E-state index contributed by atoms with van der Waals surface area (Å²) in [5.74, 6) is 1.46. The Bertz CT molecular complexity index is 954. The van der Waals surface area contributed by atoms with Crippen molar-refractivity contribution in [3.8, 4) is 11.5 Å². The molecule has 1 unspecified atom stereocenters. The lowest BCUT2D eigenvalue weighted by molar-refractivity contribution is 0.208. The van der Waals surface area contributed by atoms with Gasteiger partial charge in [-0.25, -0.2) is 0 Å². The molecule has 1 atom stereocenters. The molecule has 4 aromatic heterocycles.